The van der Waals surface area contributed by atoms with Gasteiger partial charge in [-0.1, -0.05) is 6.92 Å². The van der Waals surface area contributed by atoms with Crippen molar-refractivity contribution in [2.24, 2.45) is 0 Å². The minimum absolute atomic E-state index is 0.0649. The number of rotatable bonds is 6. The quantitative estimate of drug-likeness (QED) is 0.764. The molecule has 0 fully saturated rings. The second-order valence-electron chi connectivity index (χ2n) is 4.26. The van der Waals surface area contributed by atoms with Gasteiger partial charge in [0.15, 0.2) is 5.78 Å². The second kappa shape index (κ2) is 6.52. The van der Waals surface area contributed by atoms with E-state index in [-0.39, 0.29) is 5.78 Å². The summed E-state index contributed by atoms with van der Waals surface area (Å²) >= 11 is 1.41. The normalized spacial score (nSPS) is 10.3. The number of methoxy groups -OCH3 is 1. The molecule has 0 aliphatic heterocycles. The van der Waals surface area contributed by atoms with Gasteiger partial charge in [0.25, 0.3) is 0 Å². The molecule has 1 aromatic carbocycles. The Labute approximate surface area is 122 Å². The minimum Gasteiger partial charge on any atom is -0.497 e. The molecule has 0 aliphatic rings. The first-order valence-electron chi connectivity index (χ1n) is 6.40. The number of nitrogens with zero attached hydrogens (tertiary/aromatic N) is 1. The molecule has 4 nitrogen and oxygen atoms in total. The van der Waals surface area contributed by atoms with Crippen molar-refractivity contribution in [3.05, 3.63) is 39.8 Å². The van der Waals surface area contributed by atoms with Crippen LogP contribution in [0, 0.1) is 0 Å². The Hall–Kier alpha value is -1.88. The van der Waals surface area contributed by atoms with Gasteiger partial charge in [0.05, 0.1) is 17.7 Å². The first-order chi connectivity index (χ1) is 9.63. The molecule has 0 unspecified atom stereocenters. The molecular formula is C15H17NO3S. The fourth-order valence-corrected chi connectivity index (χ4v) is 2.76. The summed E-state index contributed by atoms with van der Waals surface area (Å²) in [5.41, 5.74) is 0.857. The first-order valence-corrected chi connectivity index (χ1v) is 7.22. The summed E-state index contributed by atoms with van der Waals surface area (Å²) < 4.78 is 10.8. The van der Waals surface area contributed by atoms with E-state index in [0.717, 1.165) is 33.5 Å². The Morgan fingerprint density at radius 1 is 1.25 bits per heavy atom. The fraction of sp³-hybridized carbons (Fsp3) is 0.333. The lowest BCUT2D eigenvalue weighted by molar-refractivity contribution is 0.102. The molecule has 0 aliphatic carbocycles. The van der Waals surface area contributed by atoms with Gasteiger partial charge in [-0.05, 0) is 30.7 Å². The SMILES string of the molecule is CCc1nc(COc2ccc(OC)cc2)sc1C(C)=O. The van der Waals surface area contributed by atoms with Crippen LogP contribution in [-0.4, -0.2) is 17.9 Å². The monoisotopic (exact) mass is 291 g/mol. The summed E-state index contributed by atoms with van der Waals surface area (Å²) in [6.07, 6.45) is 0.758. The maximum atomic E-state index is 11.5. The van der Waals surface area contributed by atoms with Gasteiger partial charge in [-0.25, -0.2) is 4.98 Å². The van der Waals surface area contributed by atoms with Gasteiger partial charge >= 0.3 is 0 Å². The number of ether oxygens (including phenoxy) is 2. The predicted octanol–water partition coefficient (Wildman–Crippen LogP) is 3.50. The molecule has 106 valence electrons. The Bertz CT molecular complexity index is 590. The van der Waals surface area contributed by atoms with E-state index in [2.05, 4.69) is 4.98 Å². The summed E-state index contributed by atoms with van der Waals surface area (Å²) in [6, 6.07) is 7.38. The van der Waals surface area contributed by atoms with Crippen molar-refractivity contribution >= 4 is 17.1 Å². The van der Waals surface area contributed by atoms with Gasteiger partial charge in [-0.2, -0.15) is 0 Å². The number of aryl methyl sites for hydroxylation is 1. The number of carbonyl (C=O) groups excluding carboxylic acids is 1. The summed E-state index contributed by atoms with van der Waals surface area (Å²) in [5, 5.41) is 0.822. The van der Waals surface area contributed by atoms with Crippen LogP contribution in [0.4, 0.5) is 0 Å². The lowest BCUT2D eigenvalue weighted by Gasteiger charge is -2.04. The molecule has 0 spiro atoms. The molecule has 1 heterocycles. The van der Waals surface area contributed by atoms with E-state index in [4.69, 9.17) is 9.47 Å². The number of hydrogen-bond donors (Lipinski definition) is 0. The van der Waals surface area contributed by atoms with E-state index in [1.165, 1.54) is 11.3 Å². The number of ketones is 1. The van der Waals surface area contributed by atoms with Gasteiger partial charge in [-0.3, -0.25) is 4.79 Å². The number of hydrogen-bond acceptors (Lipinski definition) is 5. The molecule has 0 saturated heterocycles. The molecule has 0 radical (unpaired) electrons. The smallest absolute Gasteiger partial charge is 0.171 e. The van der Waals surface area contributed by atoms with Crippen molar-refractivity contribution in [1.29, 1.82) is 0 Å². The van der Waals surface area contributed by atoms with E-state index in [1.807, 2.05) is 31.2 Å². The van der Waals surface area contributed by atoms with Gasteiger partial charge in [0.1, 0.15) is 23.1 Å². The van der Waals surface area contributed by atoms with Crippen molar-refractivity contribution in [1.82, 2.24) is 4.98 Å². The predicted molar refractivity (Wildman–Crippen MR) is 78.8 cm³/mol. The lowest BCUT2D eigenvalue weighted by Crippen LogP contribution is -1.96. The van der Waals surface area contributed by atoms with Gasteiger partial charge in [0.2, 0.25) is 0 Å². The summed E-state index contributed by atoms with van der Waals surface area (Å²) in [7, 11) is 1.63. The molecule has 1 aromatic heterocycles. The largest absolute Gasteiger partial charge is 0.497 e. The third kappa shape index (κ3) is 3.36. The topological polar surface area (TPSA) is 48.4 Å². The first kappa shape index (κ1) is 14.5. The standard InChI is InChI=1S/C15H17NO3S/c1-4-13-15(10(2)17)20-14(16-13)9-19-12-7-5-11(18-3)6-8-12/h5-8H,4,9H2,1-3H3. The molecule has 2 aromatic rings. The molecule has 0 atom stereocenters. The maximum absolute atomic E-state index is 11.5. The molecule has 5 heteroatoms. The van der Waals surface area contributed by atoms with Crippen LogP contribution in [0.2, 0.25) is 0 Å². The molecular weight excluding hydrogens is 274 g/mol. The number of benzene rings is 1. The highest BCUT2D eigenvalue weighted by molar-refractivity contribution is 7.13. The van der Waals surface area contributed by atoms with E-state index in [0.29, 0.717) is 6.61 Å². The van der Waals surface area contributed by atoms with Gasteiger partial charge in [-0.15, -0.1) is 11.3 Å². The minimum atomic E-state index is 0.0649. The zero-order valence-electron chi connectivity index (χ0n) is 11.8. The zero-order valence-corrected chi connectivity index (χ0v) is 12.6. The average Bonchev–Trinajstić information content (AvgIpc) is 2.89. The van der Waals surface area contributed by atoms with Crippen LogP contribution in [0.5, 0.6) is 11.5 Å². The van der Waals surface area contributed by atoms with Crippen LogP contribution in [0.1, 0.15) is 34.2 Å². The van der Waals surface area contributed by atoms with Crippen molar-refractivity contribution in [2.75, 3.05) is 7.11 Å². The summed E-state index contributed by atoms with van der Waals surface area (Å²) in [6.45, 7) is 3.94. The second-order valence-corrected chi connectivity index (χ2v) is 5.34. The van der Waals surface area contributed by atoms with Crippen molar-refractivity contribution in [2.45, 2.75) is 26.9 Å². The van der Waals surface area contributed by atoms with E-state index in [9.17, 15) is 4.79 Å². The van der Waals surface area contributed by atoms with Crippen molar-refractivity contribution in [3.8, 4) is 11.5 Å². The molecule has 0 N–H and O–H groups in total. The van der Waals surface area contributed by atoms with Crippen LogP contribution < -0.4 is 9.47 Å². The Kier molecular flexibility index (Phi) is 4.74. The third-order valence-corrected chi connectivity index (χ3v) is 3.99. The van der Waals surface area contributed by atoms with E-state index in [1.54, 1.807) is 14.0 Å². The Balaban J connectivity index is 2.04. The molecule has 0 amide bonds. The highest BCUT2D eigenvalue weighted by atomic mass is 32.1. The van der Waals surface area contributed by atoms with Crippen molar-refractivity contribution < 1.29 is 14.3 Å². The molecule has 2 rings (SSSR count). The summed E-state index contributed by atoms with van der Waals surface area (Å²) in [4.78, 5) is 16.7. The van der Waals surface area contributed by atoms with Crippen LogP contribution in [0.3, 0.4) is 0 Å². The highest BCUT2D eigenvalue weighted by Crippen LogP contribution is 2.22. The number of thiazole rings is 1. The number of carbonyl (C=O) groups is 1. The highest BCUT2D eigenvalue weighted by Gasteiger charge is 2.13. The number of Topliss-reactive ketones (excluding diaryl/α,β-unsaturated/α-hetero) is 1. The van der Waals surface area contributed by atoms with E-state index < -0.39 is 0 Å². The Morgan fingerprint density at radius 2 is 1.90 bits per heavy atom. The average molecular weight is 291 g/mol. The summed E-state index contributed by atoms with van der Waals surface area (Å²) in [5.74, 6) is 1.61. The van der Waals surface area contributed by atoms with Crippen LogP contribution in [-0.2, 0) is 13.0 Å². The fourth-order valence-electron chi connectivity index (χ4n) is 1.79. The number of aromatic nitrogens is 1. The van der Waals surface area contributed by atoms with Crippen LogP contribution in [0.25, 0.3) is 0 Å². The van der Waals surface area contributed by atoms with Crippen LogP contribution in [0.15, 0.2) is 24.3 Å². The molecule has 20 heavy (non-hydrogen) atoms. The molecule has 0 bridgehead atoms. The van der Waals surface area contributed by atoms with Gasteiger partial charge < -0.3 is 9.47 Å². The van der Waals surface area contributed by atoms with Crippen LogP contribution >= 0.6 is 11.3 Å². The Morgan fingerprint density at radius 3 is 2.40 bits per heavy atom. The molecule has 0 saturated carbocycles. The van der Waals surface area contributed by atoms with Crippen molar-refractivity contribution in [3.63, 3.8) is 0 Å². The zero-order chi connectivity index (χ0) is 14.5. The van der Waals surface area contributed by atoms with Gasteiger partial charge in [0, 0.05) is 6.92 Å². The maximum Gasteiger partial charge on any atom is 0.171 e. The lowest BCUT2D eigenvalue weighted by atomic mass is 10.2. The third-order valence-electron chi connectivity index (χ3n) is 2.82. The van der Waals surface area contributed by atoms with E-state index >= 15 is 0 Å².